The molecule has 0 heterocycles. The van der Waals surface area contributed by atoms with Gasteiger partial charge in [0.05, 0.1) is 7.11 Å². The molecule has 2 rings (SSSR count). The normalized spacial score (nSPS) is 15.9. The van der Waals surface area contributed by atoms with Crippen molar-refractivity contribution in [2.75, 3.05) is 7.11 Å². The Morgan fingerprint density at radius 3 is 1.95 bits per heavy atom. The summed E-state index contributed by atoms with van der Waals surface area (Å²) in [6.45, 7) is 11.3. The van der Waals surface area contributed by atoms with E-state index in [9.17, 15) is 0 Å². The summed E-state index contributed by atoms with van der Waals surface area (Å²) in [4.78, 5) is 0. The SMILES string of the molecule is COc1c(C(C)(C)C)cccc1C(C)(C)C1C=CC=C1. The highest BCUT2D eigenvalue weighted by Crippen LogP contribution is 2.44. The number of allylic oxidation sites excluding steroid dienone is 4. The number of hydrogen-bond donors (Lipinski definition) is 0. The van der Waals surface area contributed by atoms with Crippen LogP contribution in [0, 0.1) is 5.92 Å². The smallest absolute Gasteiger partial charge is 0.126 e. The third kappa shape index (κ3) is 2.54. The van der Waals surface area contributed by atoms with E-state index in [-0.39, 0.29) is 10.8 Å². The van der Waals surface area contributed by atoms with E-state index in [0.29, 0.717) is 5.92 Å². The van der Waals surface area contributed by atoms with E-state index < -0.39 is 0 Å². The van der Waals surface area contributed by atoms with Crippen LogP contribution in [-0.4, -0.2) is 7.11 Å². The second kappa shape index (κ2) is 5.12. The minimum absolute atomic E-state index is 0.0239. The lowest BCUT2D eigenvalue weighted by Crippen LogP contribution is -2.27. The zero-order valence-corrected chi connectivity index (χ0v) is 13.5. The van der Waals surface area contributed by atoms with Gasteiger partial charge in [0.25, 0.3) is 0 Å². The van der Waals surface area contributed by atoms with Crippen LogP contribution in [0.1, 0.15) is 45.7 Å². The average Bonchev–Trinajstić information content (AvgIpc) is 2.91. The minimum atomic E-state index is 0.0239. The van der Waals surface area contributed by atoms with Crippen molar-refractivity contribution < 1.29 is 4.74 Å². The molecule has 20 heavy (non-hydrogen) atoms. The number of para-hydroxylation sites is 1. The average molecular weight is 270 g/mol. The fourth-order valence-electron chi connectivity index (χ4n) is 2.95. The van der Waals surface area contributed by atoms with Crippen molar-refractivity contribution in [1.29, 1.82) is 0 Å². The molecule has 0 aromatic heterocycles. The molecule has 1 aliphatic carbocycles. The zero-order chi connectivity index (χ0) is 15.0. The van der Waals surface area contributed by atoms with Crippen molar-refractivity contribution in [2.45, 2.75) is 45.4 Å². The maximum absolute atomic E-state index is 5.80. The van der Waals surface area contributed by atoms with E-state index in [1.807, 2.05) is 0 Å². The van der Waals surface area contributed by atoms with E-state index in [0.717, 1.165) is 5.75 Å². The number of hydrogen-bond acceptors (Lipinski definition) is 1. The van der Waals surface area contributed by atoms with Crippen LogP contribution in [-0.2, 0) is 10.8 Å². The second-order valence-electron chi connectivity index (χ2n) is 7.15. The van der Waals surface area contributed by atoms with Gasteiger partial charge in [-0.25, -0.2) is 0 Å². The molecule has 0 saturated heterocycles. The first-order valence-electron chi connectivity index (χ1n) is 7.31. The van der Waals surface area contributed by atoms with Crippen LogP contribution in [0.15, 0.2) is 42.5 Å². The topological polar surface area (TPSA) is 9.23 Å². The first-order chi connectivity index (χ1) is 9.28. The number of rotatable bonds is 3. The van der Waals surface area contributed by atoms with E-state index in [1.54, 1.807) is 7.11 Å². The standard InChI is InChI=1S/C19H26O/c1-18(2,3)15-12-9-13-16(17(15)20-6)19(4,5)14-10-7-8-11-14/h7-14H,1-6H3. The Bertz CT molecular complexity index is 529. The van der Waals surface area contributed by atoms with Gasteiger partial charge in [0, 0.05) is 16.9 Å². The van der Waals surface area contributed by atoms with Crippen LogP contribution in [0.3, 0.4) is 0 Å². The molecule has 0 amide bonds. The van der Waals surface area contributed by atoms with Crippen molar-refractivity contribution in [2.24, 2.45) is 5.92 Å². The lowest BCUT2D eigenvalue weighted by Gasteiger charge is -2.34. The summed E-state index contributed by atoms with van der Waals surface area (Å²) in [5.74, 6) is 1.46. The van der Waals surface area contributed by atoms with Gasteiger partial charge >= 0.3 is 0 Å². The Morgan fingerprint density at radius 2 is 1.45 bits per heavy atom. The fraction of sp³-hybridized carbons (Fsp3) is 0.474. The van der Waals surface area contributed by atoms with Crippen LogP contribution in [0.4, 0.5) is 0 Å². The van der Waals surface area contributed by atoms with Crippen molar-refractivity contribution >= 4 is 0 Å². The van der Waals surface area contributed by atoms with Gasteiger partial charge in [-0.2, -0.15) is 0 Å². The van der Waals surface area contributed by atoms with Gasteiger partial charge in [0.1, 0.15) is 5.75 Å². The molecule has 0 spiro atoms. The third-order valence-electron chi connectivity index (χ3n) is 4.30. The predicted octanol–water partition coefficient (Wildman–Crippen LogP) is 5.01. The molecule has 1 aliphatic rings. The van der Waals surface area contributed by atoms with Crippen LogP contribution >= 0.6 is 0 Å². The molecule has 0 N–H and O–H groups in total. The molecule has 0 bridgehead atoms. The predicted molar refractivity (Wildman–Crippen MR) is 86.5 cm³/mol. The highest BCUT2D eigenvalue weighted by atomic mass is 16.5. The minimum Gasteiger partial charge on any atom is -0.496 e. The number of methoxy groups -OCH3 is 1. The molecule has 0 saturated carbocycles. The monoisotopic (exact) mass is 270 g/mol. The number of ether oxygens (including phenoxy) is 1. The quantitative estimate of drug-likeness (QED) is 0.750. The van der Waals surface area contributed by atoms with Crippen molar-refractivity contribution in [3.63, 3.8) is 0 Å². The van der Waals surface area contributed by atoms with Crippen LogP contribution in [0.25, 0.3) is 0 Å². The van der Waals surface area contributed by atoms with Gasteiger partial charge in [-0.05, 0) is 11.0 Å². The molecule has 1 nitrogen and oxygen atoms in total. The van der Waals surface area contributed by atoms with E-state index >= 15 is 0 Å². The van der Waals surface area contributed by atoms with Gasteiger partial charge in [0.15, 0.2) is 0 Å². The molecule has 108 valence electrons. The largest absolute Gasteiger partial charge is 0.496 e. The summed E-state index contributed by atoms with van der Waals surface area (Å²) in [5.41, 5.74) is 2.67. The van der Waals surface area contributed by atoms with Gasteiger partial charge < -0.3 is 4.74 Å². The Balaban J connectivity index is 2.57. The highest BCUT2D eigenvalue weighted by molar-refractivity contribution is 5.50. The summed E-state index contributed by atoms with van der Waals surface area (Å²) in [6.07, 6.45) is 8.80. The van der Waals surface area contributed by atoms with Crippen molar-refractivity contribution in [3.8, 4) is 5.75 Å². The number of benzene rings is 1. The Hall–Kier alpha value is -1.50. The molecule has 1 aromatic carbocycles. The van der Waals surface area contributed by atoms with Crippen molar-refractivity contribution in [3.05, 3.63) is 53.6 Å². The first kappa shape index (κ1) is 14.9. The van der Waals surface area contributed by atoms with Gasteiger partial charge in [-0.3, -0.25) is 0 Å². The molecule has 0 aliphatic heterocycles. The summed E-state index contributed by atoms with van der Waals surface area (Å²) in [5, 5.41) is 0. The maximum Gasteiger partial charge on any atom is 0.126 e. The summed E-state index contributed by atoms with van der Waals surface area (Å²) in [7, 11) is 1.78. The molecular weight excluding hydrogens is 244 g/mol. The fourth-order valence-corrected chi connectivity index (χ4v) is 2.95. The second-order valence-corrected chi connectivity index (χ2v) is 7.15. The highest BCUT2D eigenvalue weighted by Gasteiger charge is 2.33. The van der Waals surface area contributed by atoms with E-state index in [2.05, 4.69) is 77.1 Å². The molecule has 0 unspecified atom stereocenters. The molecule has 0 fully saturated rings. The van der Waals surface area contributed by atoms with Crippen LogP contribution in [0.2, 0.25) is 0 Å². The first-order valence-corrected chi connectivity index (χ1v) is 7.31. The summed E-state index contributed by atoms with van der Waals surface area (Å²) in [6, 6.07) is 6.54. The molecule has 1 heteroatoms. The lowest BCUT2D eigenvalue weighted by molar-refractivity contribution is 0.364. The van der Waals surface area contributed by atoms with Gasteiger partial charge in [-0.1, -0.05) is 77.1 Å². The summed E-state index contributed by atoms with van der Waals surface area (Å²) >= 11 is 0. The Morgan fingerprint density at radius 1 is 0.900 bits per heavy atom. The van der Waals surface area contributed by atoms with Gasteiger partial charge in [-0.15, -0.1) is 0 Å². The lowest BCUT2D eigenvalue weighted by atomic mass is 9.71. The van der Waals surface area contributed by atoms with Crippen LogP contribution in [0.5, 0.6) is 5.75 Å². The Labute approximate surface area is 123 Å². The third-order valence-corrected chi connectivity index (χ3v) is 4.30. The van der Waals surface area contributed by atoms with Gasteiger partial charge in [0.2, 0.25) is 0 Å². The maximum atomic E-state index is 5.80. The summed E-state index contributed by atoms with van der Waals surface area (Å²) < 4.78 is 5.80. The molecular formula is C19H26O. The zero-order valence-electron chi connectivity index (χ0n) is 13.5. The molecule has 0 radical (unpaired) electrons. The van der Waals surface area contributed by atoms with Crippen molar-refractivity contribution in [1.82, 2.24) is 0 Å². The molecule has 1 aromatic rings. The Kier molecular flexibility index (Phi) is 3.82. The van der Waals surface area contributed by atoms with E-state index in [1.165, 1.54) is 11.1 Å². The van der Waals surface area contributed by atoms with Crippen LogP contribution < -0.4 is 4.74 Å². The van der Waals surface area contributed by atoms with E-state index in [4.69, 9.17) is 4.74 Å². The molecule has 0 atom stereocenters.